The Labute approximate surface area is 102 Å². The molecule has 0 aromatic carbocycles. The van der Waals surface area contributed by atoms with E-state index in [-0.39, 0.29) is 11.8 Å². The van der Waals surface area contributed by atoms with E-state index in [4.69, 9.17) is 5.11 Å². The zero-order valence-electron chi connectivity index (χ0n) is 10.4. The SMILES string of the molecule is CCC1CCCN(C(=O)C2CCC2C(=O)O)C1. The Bertz CT molecular complexity index is 316. The van der Waals surface area contributed by atoms with E-state index in [0.29, 0.717) is 12.3 Å². The van der Waals surface area contributed by atoms with E-state index < -0.39 is 11.9 Å². The highest BCUT2D eigenvalue weighted by Crippen LogP contribution is 2.36. The fraction of sp³-hybridized carbons (Fsp3) is 0.846. The largest absolute Gasteiger partial charge is 0.481 e. The standard InChI is InChI=1S/C13H21NO3/c1-2-9-4-3-7-14(8-9)12(15)10-5-6-11(10)13(16)17/h9-11H,2-8H2,1H3,(H,16,17). The zero-order valence-corrected chi connectivity index (χ0v) is 10.4. The van der Waals surface area contributed by atoms with E-state index >= 15 is 0 Å². The van der Waals surface area contributed by atoms with E-state index in [9.17, 15) is 9.59 Å². The van der Waals surface area contributed by atoms with Gasteiger partial charge in [0.2, 0.25) is 5.91 Å². The minimum atomic E-state index is -0.807. The van der Waals surface area contributed by atoms with E-state index in [1.165, 1.54) is 6.42 Å². The lowest BCUT2D eigenvalue weighted by Gasteiger charge is -2.39. The summed E-state index contributed by atoms with van der Waals surface area (Å²) >= 11 is 0. The topological polar surface area (TPSA) is 57.6 Å². The molecule has 2 rings (SSSR count). The number of hydrogen-bond acceptors (Lipinski definition) is 2. The molecule has 0 spiro atoms. The Kier molecular flexibility index (Phi) is 3.69. The van der Waals surface area contributed by atoms with Crippen molar-refractivity contribution in [2.45, 2.75) is 39.0 Å². The summed E-state index contributed by atoms with van der Waals surface area (Å²) in [5.74, 6) is -0.788. The van der Waals surface area contributed by atoms with Crippen LogP contribution in [0.1, 0.15) is 39.0 Å². The predicted molar refractivity (Wildman–Crippen MR) is 63.4 cm³/mol. The third-order valence-corrected chi connectivity index (χ3v) is 4.32. The third-order valence-electron chi connectivity index (χ3n) is 4.32. The van der Waals surface area contributed by atoms with Crippen molar-refractivity contribution in [3.8, 4) is 0 Å². The zero-order chi connectivity index (χ0) is 12.4. The van der Waals surface area contributed by atoms with E-state index in [1.54, 1.807) is 0 Å². The number of likely N-dealkylation sites (tertiary alicyclic amines) is 1. The van der Waals surface area contributed by atoms with Gasteiger partial charge in [-0.3, -0.25) is 9.59 Å². The number of aliphatic carboxylic acids is 1. The quantitative estimate of drug-likeness (QED) is 0.816. The molecular formula is C13H21NO3. The molecule has 0 radical (unpaired) electrons. The van der Waals surface area contributed by atoms with E-state index in [0.717, 1.165) is 32.4 Å². The maximum Gasteiger partial charge on any atom is 0.307 e. The van der Waals surface area contributed by atoms with Gasteiger partial charge in [0.05, 0.1) is 11.8 Å². The Morgan fingerprint density at radius 1 is 1.24 bits per heavy atom. The van der Waals surface area contributed by atoms with Gasteiger partial charge in [0.15, 0.2) is 0 Å². The fourth-order valence-electron chi connectivity index (χ4n) is 2.92. The lowest BCUT2D eigenvalue weighted by molar-refractivity contribution is -0.157. The highest BCUT2D eigenvalue weighted by molar-refractivity contribution is 5.86. The molecule has 3 atom stereocenters. The number of amides is 1. The number of nitrogens with zero attached hydrogens (tertiary/aromatic N) is 1. The Hall–Kier alpha value is -1.06. The lowest BCUT2D eigenvalue weighted by atomic mass is 9.72. The van der Waals surface area contributed by atoms with Gasteiger partial charge in [0.25, 0.3) is 0 Å². The van der Waals surface area contributed by atoms with Crippen molar-refractivity contribution in [1.29, 1.82) is 0 Å². The lowest BCUT2D eigenvalue weighted by Crippen LogP contribution is -2.49. The molecule has 1 amide bonds. The molecule has 0 aromatic heterocycles. The molecule has 2 fully saturated rings. The van der Waals surface area contributed by atoms with Crippen LogP contribution in [0.2, 0.25) is 0 Å². The molecule has 1 N–H and O–H groups in total. The van der Waals surface area contributed by atoms with Crippen LogP contribution in [0.25, 0.3) is 0 Å². The first kappa shape index (κ1) is 12.4. The summed E-state index contributed by atoms with van der Waals surface area (Å²) in [5.41, 5.74) is 0. The number of carbonyl (C=O) groups is 2. The maximum absolute atomic E-state index is 12.2. The number of hydrogen-bond donors (Lipinski definition) is 1. The molecule has 4 heteroatoms. The second kappa shape index (κ2) is 5.07. The molecule has 17 heavy (non-hydrogen) atoms. The summed E-state index contributed by atoms with van der Waals surface area (Å²) < 4.78 is 0. The molecule has 1 heterocycles. The molecule has 3 unspecified atom stereocenters. The summed E-state index contributed by atoms with van der Waals surface area (Å²) in [6.45, 7) is 3.80. The average Bonchev–Trinajstić information content (AvgIpc) is 2.26. The molecule has 1 aliphatic heterocycles. The van der Waals surface area contributed by atoms with Crippen molar-refractivity contribution >= 4 is 11.9 Å². The van der Waals surface area contributed by atoms with Crippen LogP contribution in [-0.4, -0.2) is 35.0 Å². The minimum absolute atomic E-state index is 0.0850. The molecule has 2 aliphatic rings. The van der Waals surface area contributed by atoms with Crippen LogP contribution in [0.3, 0.4) is 0 Å². The van der Waals surface area contributed by atoms with Crippen LogP contribution < -0.4 is 0 Å². The summed E-state index contributed by atoms with van der Waals surface area (Å²) in [6, 6.07) is 0. The monoisotopic (exact) mass is 239 g/mol. The van der Waals surface area contributed by atoms with Crippen LogP contribution >= 0.6 is 0 Å². The first-order valence-electron chi connectivity index (χ1n) is 6.65. The number of carbonyl (C=O) groups excluding carboxylic acids is 1. The van der Waals surface area contributed by atoms with Gasteiger partial charge >= 0.3 is 5.97 Å². The Morgan fingerprint density at radius 2 is 1.94 bits per heavy atom. The summed E-state index contributed by atoms with van der Waals surface area (Å²) in [5, 5.41) is 8.98. The van der Waals surface area contributed by atoms with Crippen LogP contribution in [-0.2, 0) is 9.59 Å². The van der Waals surface area contributed by atoms with Gasteiger partial charge in [-0.15, -0.1) is 0 Å². The summed E-state index contributed by atoms with van der Waals surface area (Å²) in [7, 11) is 0. The Balaban J connectivity index is 1.93. The minimum Gasteiger partial charge on any atom is -0.481 e. The van der Waals surface area contributed by atoms with Crippen molar-refractivity contribution in [3.63, 3.8) is 0 Å². The molecule has 0 bridgehead atoms. The number of piperidine rings is 1. The Morgan fingerprint density at radius 3 is 2.47 bits per heavy atom. The second-order valence-corrected chi connectivity index (χ2v) is 5.33. The molecule has 0 aromatic rings. The molecule has 1 aliphatic carbocycles. The van der Waals surface area contributed by atoms with Gasteiger partial charge in [-0.1, -0.05) is 13.3 Å². The summed E-state index contributed by atoms with van der Waals surface area (Å²) in [6.07, 6.45) is 4.79. The van der Waals surface area contributed by atoms with Crippen molar-refractivity contribution in [2.75, 3.05) is 13.1 Å². The van der Waals surface area contributed by atoms with Crippen LogP contribution in [0, 0.1) is 17.8 Å². The molecule has 1 saturated heterocycles. The normalized spacial score (nSPS) is 33.0. The fourth-order valence-corrected chi connectivity index (χ4v) is 2.92. The van der Waals surface area contributed by atoms with Crippen molar-refractivity contribution in [3.05, 3.63) is 0 Å². The third kappa shape index (κ3) is 2.45. The van der Waals surface area contributed by atoms with Gasteiger partial charge in [0, 0.05) is 13.1 Å². The molecule has 96 valence electrons. The maximum atomic E-state index is 12.2. The summed E-state index contributed by atoms with van der Waals surface area (Å²) in [4.78, 5) is 25.0. The number of rotatable bonds is 3. The molecular weight excluding hydrogens is 218 g/mol. The van der Waals surface area contributed by atoms with Crippen molar-refractivity contribution in [1.82, 2.24) is 4.90 Å². The van der Waals surface area contributed by atoms with Crippen LogP contribution in [0.15, 0.2) is 0 Å². The van der Waals surface area contributed by atoms with Crippen molar-refractivity contribution in [2.24, 2.45) is 17.8 Å². The average molecular weight is 239 g/mol. The highest BCUT2D eigenvalue weighted by Gasteiger charge is 2.43. The van der Waals surface area contributed by atoms with E-state index in [1.807, 2.05) is 4.90 Å². The van der Waals surface area contributed by atoms with Gasteiger partial charge in [-0.2, -0.15) is 0 Å². The van der Waals surface area contributed by atoms with E-state index in [2.05, 4.69) is 6.92 Å². The van der Waals surface area contributed by atoms with Gasteiger partial charge in [0.1, 0.15) is 0 Å². The van der Waals surface area contributed by atoms with Gasteiger partial charge < -0.3 is 10.0 Å². The first-order chi connectivity index (χ1) is 8.13. The smallest absolute Gasteiger partial charge is 0.307 e. The van der Waals surface area contributed by atoms with Crippen LogP contribution in [0.4, 0.5) is 0 Å². The second-order valence-electron chi connectivity index (χ2n) is 5.33. The van der Waals surface area contributed by atoms with Crippen LogP contribution in [0.5, 0.6) is 0 Å². The van der Waals surface area contributed by atoms with Gasteiger partial charge in [-0.25, -0.2) is 0 Å². The predicted octanol–water partition coefficient (Wildman–Crippen LogP) is 1.75. The van der Waals surface area contributed by atoms with Gasteiger partial charge in [-0.05, 0) is 31.6 Å². The first-order valence-corrected chi connectivity index (χ1v) is 6.65. The number of carboxylic acid groups (broad SMARTS) is 1. The number of carboxylic acids is 1. The van der Waals surface area contributed by atoms with Crippen molar-refractivity contribution < 1.29 is 14.7 Å². The molecule has 1 saturated carbocycles. The molecule has 4 nitrogen and oxygen atoms in total. The highest BCUT2D eigenvalue weighted by atomic mass is 16.4.